The third-order valence-electron chi connectivity index (χ3n) is 5.96. The zero-order valence-electron chi connectivity index (χ0n) is 19.1. The lowest BCUT2D eigenvalue weighted by atomic mass is 10.1. The number of rotatable bonds is 7. The van der Waals surface area contributed by atoms with Crippen LogP contribution in [-0.4, -0.2) is 44.1 Å². The van der Waals surface area contributed by atoms with Gasteiger partial charge < -0.3 is 15.8 Å². The fourth-order valence-corrected chi connectivity index (χ4v) is 5.79. The van der Waals surface area contributed by atoms with E-state index in [1.165, 1.54) is 28.7 Å². The fraction of sp³-hybridized carbons (Fsp3) is 0.333. The van der Waals surface area contributed by atoms with Crippen LogP contribution in [0.2, 0.25) is 0 Å². The highest BCUT2D eigenvalue weighted by atomic mass is 32.2. The van der Waals surface area contributed by atoms with E-state index in [1.54, 1.807) is 6.20 Å². The van der Waals surface area contributed by atoms with Gasteiger partial charge in [-0.15, -0.1) is 21.5 Å². The zero-order valence-corrected chi connectivity index (χ0v) is 20.7. The molecule has 1 aromatic carbocycles. The SMILES string of the molecule is Cc1ccc(NC(=O)CSc2nnc(-c3sc4ncccc4c3N)n2C[C@@H]2CCCO2)cc1C. The molecule has 8 nitrogen and oxygen atoms in total. The van der Waals surface area contributed by atoms with Gasteiger partial charge in [0.2, 0.25) is 5.91 Å². The number of amides is 1. The van der Waals surface area contributed by atoms with Crippen LogP contribution in [0.15, 0.2) is 41.7 Å². The number of thiophene rings is 1. The van der Waals surface area contributed by atoms with Crippen molar-refractivity contribution in [1.29, 1.82) is 0 Å². The maximum atomic E-state index is 12.6. The Morgan fingerprint density at radius 3 is 2.94 bits per heavy atom. The summed E-state index contributed by atoms with van der Waals surface area (Å²) in [5.41, 5.74) is 10.3. The topological polar surface area (TPSA) is 108 Å². The Balaban J connectivity index is 1.39. The normalized spacial score (nSPS) is 15.8. The molecule has 0 aliphatic carbocycles. The van der Waals surface area contributed by atoms with Gasteiger partial charge in [-0.2, -0.15) is 0 Å². The molecule has 0 radical (unpaired) electrons. The van der Waals surface area contributed by atoms with E-state index >= 15 is 0 Å². The molecule has 0 spiro atoms. The van der Waals surface area contributed by atoms with Crippen molar-refractivity contribution < 1.29 is 9.53 Å². The summed E-state index contributed by atoms with van der Waals surface area (Å²) in [6, 6.07) is 9.75. The number of hydrogen-bond acceptors (Lipinski definition) is 8. The Hall–Kier alpha value is -2.95. The first-order valence-corrected chi connectivity index (χ1v) is 13.0. The third kappa shape index (κ3) is 4.66. The predicted octanol–water partition coefficient (Wildman–Crippen LogP) is 4.66. The maximum Gasteiger partial charge on any atom is 0.234 e. The van der Waals surface area contributed by atoms with Crippen LogP contribution in [0.3, 0.4) is 0 Å². The second-order valence-electron chi connectivity index (χ2n) is 8.39. The summed E-state index contributed by atoms with van der Waals surface area (Å²) in [6.45, 7) is 5.46. The van der Waals surface area contributed by atoms with E-state index in [4.69, 9.17) is 10.5 Å². The molecular formula is C24H26N6O2S2. The van der Waals surface area contributed by atoms with Crippen LogP contribution in [0.25, 0.3) is 20.9 Å². The molecular weight excluding hydrogens is 468 g/mol. The van der Waals surface area contributed by atoms with Gasteiger partial charge in [0.25, 0.3) is 0 Å². The number of nitrogens with one attached hydrogen (secondary N) is 1. The van der Waals surface area contributed by atoms with Gasteiger partial charge in [0.1, 0.15) is 4.83 Å². The molecule has 1 aliphatic heterocycles. The van der Waals surface area contributed by atoms with Gasteiger partial charge in [-0.1, -0.05) is 17.8 Å². The highest BCUT2D eigenvalue weighted by Gasteiger charge is 2.25. The fourth-order valence-electron chi connectivity index (χ4n) is 3.98. The molecule has 1 aliphatic rings. The summed E-state index contributed by atoms with van der Waals surface area (Å²) in [4.78, 5) is 18.8. The Morgan fingerprint density at radius 1 is 1.29 bits per heavy atom. The van der Waals surface area contributed by atoms with Crippen molar-refractivity contribution >= 4 is 50.6 Å². The van der Waals surface area contributed by atoms with E-state index in [1.807, 2.05) is 41.8 Å². The van der Waals surface area contributed by atoms with Gasteiger partial charge in [-0.05, 0) is 62.1 Å². The van der Waals surface area contributed by atoms with E-state index in [0.29, 0.717) is 23.2 Å². The van der Waals surface area contributed by atoms with Crippen LogP contribution in [0.4, 0.5) is 11.4 Å². The van der Waals surface area contributed by atoms with Crippen molar-refractivity contribution in [1.82, 2.24) is 19.7 Å². The smallest absolute Gasteiger partial charge is 0.234 e. The van der Waals surface area contributed by atoms with Gasteiger partial charge in [0.05, 0.1) is 29.0 Å². The molecule has 4 aromatic rings. The van der Waals surface area contributed by atoms with Crippen molar-refractivity contribution in [2.45, 2.75) is 44.5 Å². The van der Waals surface area contributed by atoms with Crippen LogP contribution in [-0.2, 0) is 16.1 Å². The first-order valence-electron chi connectivity index (χ1n) is 11.2. The number of benzene rings is 1. The molecule has 10 heteroatoms. The van der Waals surface area contributed by atoms with Gasteiger partial charge in [0, 0.05) is 23.9 Å². The summed E-state index contributed by atoms with van der Waals surface area (Å²) in [5.74, 6) is 0.820. The van der Waals surface area contributed by atoms with E-state index in [0.717, 1.165) is 45.8 Å². The number of carbonyl (C=O) groups excluding carboxylic acids is 1. The largest absolute Gasteiger partial charge is 0.397 e. The molecule has 3 N–H and O–H groups in total. The molecule has 34 heavy (non-hydrogen) atoms. The molecule has 1 saturated heterocycles. The van der Waals surface area contributed by atoms with Gasteiger partial charge in [-0.3, -0.25) is 9.36 Å². The standard InChI is InChI=1S/C24H26N6O2S2/c1-14-7-8-16(11-15(14)2)27-19(31)13-33-24-29-28-22(30(24)12-17-5-4-10-32-17)21-20(25)18-6-3-9-26-23(18)34-21/h3,6-9,11,17H,4-5,10,12-13,25H2,1-2H3,(H,27,31)/t17-/m0/s1. The number of fused-ring (bicyclic) bond motifs is 1. The third-order valence-corrected chi connectivity index (χ3v) is 8.05. The van der Waals surface area contributed by atoms with Crippen LogP contribution >= 0.6 is 23.1 Å². The Labute approximate surface area is 205 Å². The molecule has 0 saturated carbocycles. The highest BCUT2D eigenvalue weighted by Crippen LogP contribution is 2.40. The van der Waals surface area contributed by atoms with E-state index in [-0.39, 0.29) is 17.8 Å². The van der Waals surface area contributed by atoms with Gasteiger partial charge >= 0.3 is 0 Å². The van der Waals surface area contributed by atoms with E-state index in [9.17, 15) is 4.79 Å². The molecule has 5 rings (SSSR count). The lowest BCUT2D eigenvalue weighted by molar-refractivity contribution is -0.113. The predicted molar refractivity (Wildman–Crippen MR) is 137 cm³/mol. The summed E-state index contributed by atoms with van der Waals surface area (Å²) >= 11 is 2.87. The highest BCUT2D eigenvalue weighted by molar-refractivity contribution is 7.99. The number of pyridine rings is 1. The summed E-state index contributed by atoms with van der Waals surface area (Å²) < 4.78 is 7.91. The van der Waals surface area contributed by atoms with E-state index in [2.05, 4.69) is 27.4 Å². The van der Waals surface area contributed by atoms with Crippen LogP contribution in [0, 0.1) is 13.8 Å². The van der Waals surface area contributed by atoms with Crippen LogP contribution < -0.4 is 11.1 Å². The minimum Gasteiger partial charge on any atom is -0.397 e. The molecule has 4 heterocycles. The number of nitrogens with zero attached hydrogens (tertiary/aromatic N) is 4. The molecule has 1 fully saturated rings. The van der Waals surface area contributed by atoms with Crippen LogP contribution in [0.5, 0.6) is 0 Å². The molecule has 1 amide bonds. The molecule has 0 bridgehead atoms. The number of hydrogen-bond donors (Lipinski definition) is 2. The second kappa shape index (κ2) is 9.73. The number of ether oxygens (including phenoxy) is 1. The first-order chi connectivity index (χ1) is 16.5. The number of nitrogen functional groups attached to an aromatic ring is 1. The number of aryl methyl sites for hydroxylation is 2. The molecule has 1 atom stereocenters. The average molecular weight is 495 g/mol. The Bertz CT molecular complexity index is 1340. The van der Waals surface area contributed by atoms with Gasteiger partial charge in [-0.25, -0.2) is 4.98 Å². The summed E-state index contributed by atoms with van der Waals surface area (Å²) in [7, 11) is 0. The quantitative estimate of drug-likeness (QED) is 0.360. The first kappa shape index (κ1) is 22.8. The summed E-state index contributed by atoms with van der Waals surface area (Å²) in [5, 5.41) is 13.5. The number of carbonyl (C=O) groups is 1. The number of aromatic nitrogens is 4. The monoisotopic (exact) mass is 494 g/mol. The minimum atomic E-state index is -0.0907. The van der Waals surface area contributed by atoms with Gasteiger partial charge in [0.15, 0.2) is 11.0 Å². The number of anilines is 2. The molecule has 0 unspecified atom stereocenters. The van der Waals surface area contributed by atoms with Crippen molar-refractivity contribution in [3.05, 3.63) is 47.7 Å². The number of thioether (sulfide) groups is 1. The van der Waals surface area contributed by atoms with Crippen molar-refractivity contribution in [2.75, 3.05) is 23.4 Å². The van der Waals surface area contributed by atoms with Crippen LogP contribution in [0.1, 0.15) is 24.0 Å². The lowest BCUT2D eigenvalue weighted by Crippen LogP contribution is -2.18. The lowest BCUT2D eigenvalue weighted by Gasteiger charge is -2.14. The molecule has 3 aromatic heterocycles. The zero-order chi connectivity index (χ0) is 23.7. The molecule has 176 valence electrons. The van der Waals surface area contributed by atoms with Crippen molar-refractivity contribution in [3.63, 3.8) is 0 Å². The van der Waals surface area contributed by atoms with Crippen molar-refractivity contribution in [3.8, 4) is 10.7 Å². The Morgan fingerprint density at radius 2 is 2.18 bits per heavy atom. The Kier molecular flexibility index (Phi) is 6.53. The van der Waals surface area contributed by atoms with Crippen molar-refractivity contribution in [2.24, 2.45) is 0 Å². The second-order valence-corrected chi connectivity index (χ2v) is 10.3. The maximum absolute atomic E-state index is 12.6. The average Bonchev–Trinajstić information content (AvgIpc) is 3.55. The summed E-state index contributed by atoms with van der Waals surface area (Å²) in [6.07, 6.45) is 3.87. The number of nitrogens with two attached hydrogens (primary N) is 1. The minimum absolute atomic E-state index is 0.0900. The van der Waals surface area contributed by atoms with E-state index < -0.39 is 0 Å².